The number of carbonyl (C=O) groups excluding carboxylic acids is 1. The molecule has 1 spiro atoms. The molecule has 0 radical (unpaired) electrons. The largest absolute Gasteiger partial charge is 0.504 e. The number of nitrogens with zero attached hydrogens (tertiary/aromatic N) is 2. The lowest BCUT2D eigenvalue weighted by molar-refractivity contribution is -0.137. The van der Waals surface area contributed by atoms with Crippen molar-refractivity contribution in [3.63, 3.8) is 0 Å². The quantitative estimate of drug-likeness (QED) is 0.452. The second kappa shape index (κ2) is 9.06. The Balaban J connectivity index is 1.32. The summed E-state index contributed by atoms with van der Waals surface area (Å²) in [7, 11) is 1.72. The van der Waals surface area contributed by atoms with Crippen LogP contribution in [-0.4, -0.2) is 59.1 Å². The molecular formula is C31H31F3N2O3. The highest BCUT2D eigenvalue weighted by atomic mass is 19.4. The second-order valence-corrected chi connectivity index (χ2v) is 11.3. The van der Waals surface area contributed by atoms with Gasteiger partial charge in [-0.1, -0.05) is 12.0 Å². The Bertz CT molecular complexity index is 1410. The van der Waals surface area contributed by atoms with Gasteiger partial charge >= 0.3 is 6.18 Å². The lowest BCUT2D eigenvalue weighted by Crippen LogP contribution is -2.68. The van der Waals surface area contributed by atoms with E-state index in [0.29, 0.717) is 23.3 Å². The minimum atomic E-state index is -4.42. The van der Waals surface area contributed by atoms with Crippen molar-refractivity contribution in [3.05, 3.63) is 70.8 Å². The SMILES string of the molecule is C=CCN1CC[C@]23c4c5c(C)cc(O)c4O[C@H]2[C@@H](N(C)C(=O)C#Cc2ccc(C(F)(F)F)cc2)CC[C@H]3[C@H]1C5. The van der Waals surface area contributed by atoms with E-state index in [9.17, 15) is 23.1 Å². The number of likely N-dealkylation sites (N-methyl/N-ethyl adjacent to an activating group) is 1. The fourth-order valence-electron chi connectivity index (χ4n) is 7.76. The summed E-state index contributed by atoms with van der Waals surface area (Å²) < 4.78 is 45.2. The van der Waals surface area contributed by atoms with Crippen molar-refractivity contribution in [2.24, 2.45) is 5.92 Å². The van der Waals surface area contributed by atoms with Crippen LogP contribution in [0.1, 0.15) is 47.1 Å². The van der Waals surface area contributed by atoms with Gasteiger partial charge in [-0.2, -0.15) is 13.2 Å². The second-order valence-electron chi connectivity index (χ2n) is 11.3. The van der Waals surface area contributed by atoms with Gasteiger partial charge < -0.3 is 14.7 Å². The van der Waals surface area contributed by atoms with Crippen LogP contribution >= 0.6 is 0 Å². The number of alkyl halides is 3. The van der Waals surface area contributed by atoms with Gasteiger partial charge in [-0.3, -0.25) is 9.69 Å². The van der Waals surface area contributed by atoms with E-state index in [-0.39, 0.29) is 23.3 Å². The molecule has 5 nitrogen and oxygen atoms in total. The van der Waals surface area contributed by atoms with E-state index in [0.717, 1.165) is 62.0 Å². The number of benzene rings is 2. The molecule has 2 aliphatic carbocycles. The first-order valence-electron chi connectivity index (χ1n) is 13.4. The number of hydrogen-bond acceptors (Lipinski definition) is 4. The molecule has 2 heterocycles. The van der Waals surface area contributed by atoms with Crippen LogP contribution in [0.2, 0.25) is 0 Å². The van der Waals surface area contributed by atoms with Gasteiger partial charge in [-0.15, -0.1) is 6.58 Å². The van der Waals surface area contributed by atoms with Crippen LogP contribution in [0.5, 0.6) is 11.5 Å². The maximum atomic E-state index is 13.2. The Morgan fingerprint density at radius 3 is 2.74 bits per heavy atom. The van der Waals surface area contributed by atoms with Gasteiger partial charge in [0, 0.05) is 42.1 Å². The van der Waals surface area contributed by atoms with E-state index in [1.807, 2.05) is 13.0 Å². The van der Waals surface area contributed by atoms with Crippen LogP contribution in [0.25, 0.3) is 0 Å². The summed E-state index contributed by atoms with van der Waals surface area (Å²) in [6.45, 7) is 7.72. The molecule has 2 bridgehead atoms. The minimum absolute atomic E-state index is 0.149. The van der Waals surface area contributed by atoms with Gasteiger partial charge in [0.2, 0.25) is 0 Å². The number of phenolic OH excluding ortho intramolecular Hbond substituents is 1. The molecule has 1 saturated heterocycles. The number of amides is 1. The van der Waals surface area contributed by atoms with Gasteiger partial charge in [0.1, 0.15) is 6.10 Å². The van der Waals surface area contributed by atoms with Gasteiger partial charge in [0.25, 0.3) is 5.91 Å². The van der Waals surface area contributed by atoms with E-state index in [2.05, 4.69) is 23.3 Å². The van der Waals surface area contributed by atoms with E-state index in [1.165, 1.54) is 17.7 Å². The molecule has 0 aromatic heterocycles. The maximum absolute atomic E-state index is 13.2. The number of likely N-dealkylation sites (tertiary alicyclic amines) is 1. The van der Waals surface area contributed by atoms with Gasteiger partial charge in [-0.25, -0.2) is 0 Å². The van der Waals surface area contributed by atoms with Crippen LogP contribution in [0, 0.1) is 24.7 Å². The summed E-state index contributed by atoms with van der Waals surface area (Å²) in [6, 6.07) is 6.35. The Hall–Kier alpha value is -3.44. The minimum Gasteiger partial charge on any atom is -0.504 e. The van der Waals surface area contributed by atoms with Crippen molar-refractivity contribution in [1.82, 2.24) is 9.80 Å². The zero-order chi connectivity index (χ0) is 27.7. The van der Waals surface area contributed by atoms with Crippen LogP contribution in [-0.2, 0) is 22.8 Å². The number of ether oxygens (including phenoxy) is 1. The molecule has 6 rings (SSSR count). The molecule has 8 heteroatoms. The summed E-state index contributed by atoms with van der Waals surface area (Å²) in [5.74, 6) is 5.98. The summed E-state index contributed by atoms with van der Waals surface area (Å²) >= 11 is 0. The van der Waals surface area contributed by atoms with Crippen molar-refractivity contribution >= 4 is 5.91 Å². The normalized spacial score (nSPS) is 28.5. The zero-order valence-corrected chi connectivity index (χ0v) is 22.0. The Morgan fingerprint density at radius 1 is 1.31 bits per heavy atom. The Morgan fingerprint density at radius 2 is 2.05 bits per heavy atom. The summed E-state index contributed by atoms with van der Waals surface area (Å²) in [4.78, 5) is 17.4. The Labute approximate surface area is 226 Å². The number of hydrogen-bond donors (Lipinski definition) is 1. The first-order valence-corrected chi connectivity index (χ1v) is 13.4. The first kappa shape index (κ1) is 25.8. The molecule has 2 fully saturated rings. The van der Waals surface area contributed by atoms with Crippen molar-refractivity contribution in [2.45, 2.75) is 62.4 Å². The molecule has 39 heavy (non-hydrogen) atoms. The molecule has 5 atom stereocenters. The molecule has 2 aromatic carbocycles. The number of phenols is 1. The van der Waals surface area contributed by atoms with Gasteiger partial charge in [0.15, 0.2) is 11.5 Å². The molecular weight excluding hydrogens is 505 g/mol. The molecule has 1 amide bonds. The van der Waals surface area contributed by atoms with E-state index in [4.69, 9.17) is 4.74 Å². The number of aromatic hydroxyl groups is 1. The maximum Gasteiger partial charge on any atom is 0.416 e. The first-order chi connectivity index (χ1) is 18.6. The van der Waals surface area contributed by atoms with Gasteiger partial charge in [0.05, 0.1) is 11.6 Å². The third kappa shape index (κ3) is 3.85. The fraction of sp³-hybridized carbons (Fsp3) is 0.452. The van der Waals surface area contributed by atoms with Crippen LogP contribution in [0.4, 0.5) is 13.2 Å². The lowest BCUT2D eigenvalue weighted by atomic mass is 9.50. The monoisotopic (exact) mass is 536 g/mol. The molecule has 204 valence electrons. The average molecular weight is 537 g/mol. The number of carbonyl (C=O) groups is 1. The highest BCUT2D eigenvalue weighted by Gasteiger charge is 2.66. The summed E-state index contributed by atoms with van der Waals surface area (Å²) in [6.07, 6.45) is 0.648. The van der Waals surface area contributed by atoms with Crippen LogP contribution < -0.4 is 4.74 Å². The van der Waals surface area contributed by atoms with Crippen molar-refractivity contribution in [1.29, 1.82) is 0 Å². The standard InChI is InChI=1S/C31H31F3N2O3/c1-4-14-36-15-13-30-22-10-11-23(29(30)39-28-25(37)16-18(2)21(27(28)30)17-24(22)36)35(3)26(38)12-7-19-5-8-20(9-6-19)31(32,33)34/h4-6,8-9,16,22-24,29,37H,1,10-11,13-15,17H2,2-3H3/t22-,23-,24+,29-,30-/m0/s1. The number of halogens is 3. The molecule has 1 N–H and O–H groups in total. The zero-order valence-electron chi connectivity index (χ0n) is 22.0. The predicted molar refractivity (Wildman–Crippen MR) is 140 cm³/mol. The number of aryl methyl sites for hydroxylation is 1. The molecule has 0 unspecified atom stereocenters. The summed E-state index contributed by atoms with van der Waals surface area (Å²) in [5, 5.41) is 10.9. The molecule has 1 saturated carbocycles. The third-order valence-electron chi connectivity index (χ3n) is 9.46. The number of piperidine rings is 1. The highest BCUT2D eigenvalue weighted by molar-refractivity contribution is 5.94. The van der Waals surface area contributed by atoms with Crippen LogP contribution in [0.15, 0.2) is 43.0 Å². The predicted octanol–water partition coefficient (Wildman–Crippen LogP) is 4.82. The van der Waals surface area contributed by atoms with E-state index >= 15 is 0 Å². The smallest absolute Gasteiger partial charge is 0.416 e. The van der Waals surface area contributed by atoms with E-state index in [1.54, 1.807) is 18.0 Å². The average Bonchev–Trinajstić information content (AvgIpc) is 3.24. The highest BCUT2D eigenvalue weighted by Crippen LogP contribution is 2.64. The number of rotatable bonds is 3. The van der Waals surface area contributed by atoms with Crippen molar-refractivity contribution in [2.75, 3.05) is 20.1 Å². The topological polar surface area (TPSA) is 53.0 Å². The lowest BCUT2D eigenvalue weighted by Gasteiger charge is -2.60. The summed E-state index contributed by atoms with van der Waals surface area (Å²) in [5.41, 5.74) is 2.72. The fourth-order valence-corrected chi connectivity index (χ4v) is 7.76. The van der Waals surface area contributed by atoms with Gasteiger partial charge in [-0.05, 0) is 86.5 Å². The Kier molecular flexibility index (Phi) is 5.99. The third-order valence-corrected chi connectivity index (χ3v) is 9.46. The molecule has 2 aliphatic heterocycles. The molecule has 2 aromatic rings. The van der Waals surface area contributed by atoms with Crippen molar-refractivity contribution in [3.8, 4) is 23.3 Å². The van der Waals surface area contributed by atoms with Crippen molar-refractivity contribution < 1.29 is 27.8 Å². The molecule has 4 aliphatic rings. The van der Waals surface area contributed by atoms with Crippen LogP contribution in [0.3, 0.4) is 0 Å². The van der Waals surface area contributed by atoms with E-state index < -0.39 is 17.6 Å².